The van der Waals surface area contributed by atoms with E-state index < -0.39 is 41.6 Å². The van der Waals surface area contributed by atoms with Gasteiger partial charge in [-0.1, -0.05) is 6.08 Å². The van der Waals surface area contributed by atoms with Gasteiger partial charge in [0.1, 0.15) is 5.69 Å². The SMILES string of the molecule is COC(=O)C(/C=C/C(=O)C(F)(F)F)C(=O)Nc1ccc(C(F)(F)F)nc1C. The summed E-state index contributed by atoms with van der Waals surface area (Å²) in [5.41, 5.74) is -1.69. The Morgan fingerprint density at radius 1 is 1.15 bits per heavy atom. The van der Waals surface area contributed by atoms with E-state index in [0.29, 0.717) is 12.1 Å². The highest BCUT2D eigenvalue weighted by molar-refractivity contribution is 6.07. The van der Waals surface area contributed by atoms with Crippen molar-refractivity contribution in [3.8, 4) is 0 Å². The molecule has 1 amide bonds. The maximum absolute atomic E-state index is 12.6. The normalized spacial score (nSPS) is 13.3. The van der Waals surface area contributed by atoms with Gasteiger partial charge in [-0.3, -0.25) is 14.4 Å². The van der Waals surface area contributed by atoms with Crippen molar-refractivity contribution in [1.29, 1.82) is 0 Å². The molecule has 148 valence electrons. The van der Waals surface area contributed by atoms with E-state index in [4.69, 9.17) is 0 Å². The molecule has 6 nitrogen and oxygen atoms in total. The molecular weight excluding hydrogens is 386 g/mol. The van der Waals surface area contributed by atoms with Crippen LogP contribution in [0.25, 0.3) is 0 Å². The molecule has 1 heterocycles. The van der Waals surface area contributed by atoms with Crippen LogP contribution in [0, 0.1) is 12.8 Å². The molecule has 1 aromatic rings. The van der Waals surface area contributed by atoms with Gasteiger partial charge in [-0.15, -0.1) is 0 Å². The van der Waals surface area contributed by atoms with Crippen molar-refractivity contribution in [1.82, 2.24) is 4.98 Å². The van der Waals surface area contributed by atoms with Crippen molar-refractivity contribution >= 4 is 23.3 Å². The maximum Gasteiger partial charge on any atom is 0.454 e. The number of anilines is 1. The van der Waals surface area contributed by atoms with Gasteiger partial charge in [0.2, 0.25) is 5.91 Å². The molecule has 0 bridgehead atoms. The zero-order chi connectivity index (χ0) is 21.0. The highest BCUT2D eigenvalue weighted by Crippen LogP contribution is 2.29. The van der Waals surface area contributed by atoms with E-state index >= 15 is 0 Å². The van der Waals surface area contributed by atoms with Gasteiger partial charge in [-0.2, -0.15) is 26.3 Å². The molecule has 1 N–H and O–H groups in total. The third-order valence-corrected chi connectivity index (χ3v) is 3.09. The second-order valence-corrected chi connectivity index (χ2v) is 5.04. The highest BCUT2D eigenvalue weighted by atomic mass is 19.4. The topological polar surface area (TPSA) is 85.4 Å². The first-order valence-electron chi connectivity index (χ1n) is 7.00. The van der Waals surface area contributed by atoms with Crippen LogP contribution < -0.4 is 5.32 Å². The molecule has 1 unspecified atom stereocenters. The predicted molar refractivity (Wildman–Crippen MR) is 78.3 cm³/mol. The summed E-state index contributed by atoms with van der Waals surface area (Å²) in [6, 6.07) is 1.43. The van der Waals surface area contributed by atoms with Crippen LogP contribution in [-0.2, 0) is 25.3 Å². The van der Waals surface area contributed by atoms with E-state index in [1.165, 1.54) is 0 Å². The number of carbonyl (C=O) groups is 3. The van der Waals surface area contributed by atoms with Crippen LogP contribution in [0.5, 0.6) is 0 Å². The quantitative estimate of drug-likeness (QED) is 0.357. The molecule has 0 radical (unpaired) electrons. The number of nitrogens with zero attached hydrogens (tertiary/aromatic N) is 1. The largest absolute Gasteiger partial charge is 0.468 e. The highest BCUT2D eigenvalue weighted by Gasteiger charge is 2.37. The lowest BCUT2D eigenvalue weighted by Gasteiger charge is -2.14. The first kappa shape index (κ1) is 22.1. The number of alkyl halides is 6. The zero-order valence-electron chi connectivity index (χ0n) is 13.7. The molecule has 1 atom stereocenters. The second-order valence-electron chi connectivity index (χ2n) is 5.04. The number of rotatable bonds is 5. The van der Waals surface area contributed by atoms with Crippen molar-refractivity contribution in [2.75, 3.05) is 12.4 Å². The smallest absolute Gasteiger partial charge is 0.454 e. The number of allylic oxidation sites excluding steroid dienone is 1. The van der Waals surface area contributed by atoms with E-state index in [2.05, 4.69) is 15.0 Å². The van der Waals surface area contributed by atoms with Crippen LogP contribution in [-0.4, -0.2) is 35.9 Å². The van der Waals surface area contributed by atoms with E-state index in [0.717, 1.165) is 20.1 Å². The van der Waals surface area contributed by atoms with Gasteiger partial charge in [-0.25, -0.2) is 4.98 Å². The summed E-state index contributed by atoms with van der Waals surface area (Å²) in [7, 11) is 0.854. The lowest BCUT2D eigenvalue weighted by Crippen LogP contribution is -2.30. The lowest BCUT2D eigenvalue weighted by molar-refractivity contribution is -0.165. The van der Waals surface area contributed by atoms with Crippen molar-refractivity contribution in [2.45, 2.75) is 19.3 Å². The van der Waals surface area contributed by atoms with Gasteiger partial charge in [-0.05, 0) is 25.1 Å². The molecule has 0 fully saturated rings. The van der Waals surface area contributed by atoms with Crippen LogP contribution in [0.3, 0.4) is 0 Å². The number of esters is 1. The monoisotopic (exact) mass is 398 g/mol. The fraction of sp³-hybridized carbons (Fsp3) is 0.333. The maximum atomic E-state index is 12.6. The van der Waals surface area contributed by atoms with E-state index in [1.54, 1.807) is 0 Å². The molecule has 1 rings (SSSR count). The zero-order valence-corrected chi connectivity index (χ0v) is 13.7. The Kier molecular flexibility index (Phi) is 6.71. The number of aryl methyl sites for hydroxylation is 1. The number of hydrogen-bond donors (Lipinski definition) is 1. The minimum atomic E-state index is -5.21. The number of ketones is 1. The molecule has 0 aliphatic carbocycles. The Balaban J connectivity index is 3.06. The number of pyridine rings is 1. The second kappa shape index (κ2) is 8.18. The number of nitrogens with one attached hydrogen (secondary N) is 1. The molecule has 0 saturated carbocycles. The number of hydrogen-bond acceptors (Lipinski definition) is 5. The van der Waals surface area contributed by atoms with Gasteiger partial charge >= 0.3 is 18.3 Å². The van der Waals surface area contributed by atoms with Gasteiger partial charge in [0.05, 0.1) is 18.5 Å². The van der Waals surface area contributed by atoms with Crippen LogP contribution in [0.2, 0.25) is 0 Å². The average Bonchev–Trinajstić information content (AvgIpc) is 2.54. The van der Waals surface area contributed by atoms with Crippen LogP contribution in [0.4, 0.5) is 32.0 Å². The predicted octanol–water partition coefficient (Wildman–Crippen LogP) is 2.82. The molecule has 27 heavy (non-hydrogen) atoms. The van der Waals surface area contributed by atoms with Crippen LogP contribution in [0.15, 0.2) is 24.3 Å². The third kappa shape index (κ3) is 6.08. The van der Waals surface area contributed by atoms with Crippen molar-refractivity contribution in [3.05, 3.63) is 35.7 Å². The summed E-state index contributed by atoms with van der Waals surface area (Å²) in [5, 5.41) is 2.05. The third-order valence-electron chi connectivity index (χ3n) is 3.09. The average molecular weight is 398 g/mol. The number of halogens is 6. The Morgan fingerprint density at radius 2 is 1.74 bits per heavy atom. The molecule has 0 saturated heterocycles. The Bertz CT molecular complexity index is 771. The Morgan fingerprint density at radius 3 is 2.19 bits per heavy atom. The first-order valence-corrected chi connectivity index (χ1v) is 7.00. The fourth-order valence-corrected chi connectivity index (χ4v) is 1.74. The van der Waals surface area contributed by atoms with Crippen molar-refractivity contribution < 1.29 is 45.5 Å². The summed E-state index contributed by atoms with van der Waals surface area (Å²) in [6.45, 7) is 1.14. The summed E-state index contributed by atoms with van der Waals surface area (Å²) in [4.78, 5) is 37.8. The minimum absolute atomic E-state index is 0.0149. The molecule has 12 heteroatoms. The number of ether oxygens (including phenoxy) is 1. The molecular formula is C15H12F6N2O4. The van der Waals surface area contributed by atoms with Crippen LogP contribution >= 0.6 is 0 Å². The first-order chi connectivity index (χ1) is 12.3. The fourth-order valence-electron chi connectivity index (χ4n) is 1.74. The van der Waals surface area contributed by atoms with E-state index in [1.807, 2.05) is 0 Å². The van der Waals surface area contributed by atoms with Gasteiger partial charge in [0.15, 0.2) is 5.92 Å². The van der Waals surface area contributed by atoms with E-state index in [-0.39, 0.29) is 17.5 Å². The summed E-state index contributed by atoms with van der Waals surface area (Å²) in [6.07, 6.45) is -9.56. The van der Waals surface area contributed by atoms with Crippen LogP contribution in [0.1, 0.15) is 11.4 Å². The molecule has 0 aromatic carbocycles. The van der Waals surface area contributed by atoms with Gasteiger partial charge < -0.3 is 10.1 Å². The van der Waals surface area contributed by atoms with Gasteiger partial charge in [0, 0.05) is 0 Å². The summed E-state index contributed by atoms with van der Waals surface area (Å²) >= 11 is 0. The summed E-state index contributed by atoms with van der Waals surface area (Å²) < 4.78 is 78.6. The lowest BCUT2D eigenvalue weighted by atomic mass is 10.1. The summed E-state index contributed by atoms with van der Waals surface area (Å²) in [5.74, 6) is -6.76. The number of carbonyl (C=O) groups excluding carboxylic acids is 3. The number of aromatic nitrogens is 1. The number of amides is 1. The number of methoxy groups -OCH3 is 1. The molecule has 0 aliphatic heterocycles. The standard InChI is InChI=1S/C15H12F6N2O4/c1-7-9(4-5-10(22-7)14(16,17)18)23-12(25)8(13(26)27-2)3-6-11(24)15(19,20)21/h3-6,8H,1-2H3,(H,23,25)/b6-3+. The minimum Gasteiger partial charge on any atom is -0.468 e. The molecule has 0 spiro atoms. The van der Waals surface area contributed by atoms with Crippen molar-refractivity contribution in [2.24, 2.45) is 5.92 Å². The molecule has 1 aromatic heterocycles. The van der Waals surface area contributed by atoms with E-state index in [9.17, 15) is 40.7 Å². The van der Waals surface area contributed by atoms with Crippen molar-refractivity contribution in [3.63, 3.8) is 0 Å². The Hall–Kier alpha value is -2.92. The van der Waals surface area contributed by atoms with Gasteiger partial charge in [0.25, 0.3) is 5.78 Å². The molecule has 0 aliphatic rings. The Labute approximate surface area is 148 Å².